The van der Waals surface area contributed by atoms with Crippen molar-refractivity contribution in [2.75, 3.05) is 0 Å². The summed E-state index contributed by atoms with van der Waals surface area (Å²) in [5.74, 6) is 4.51. The van der Waals surface area contributed by atoms with E-state index in [1.54, 1.807) is 12.4 Å². The second kappa shape index (κ2) is 4.45. The zero-order valence-corrected chi connectivity index (χ0v) is 8.47. The zero-order valence-electron chi connectivity index (χ0n) is 8.47. The second-order valence-corrected chi connectivity index (χ2v) is 3.31. The summed E-state index contributed by atoms with van der Waals surface area (Å²) in [4.78, 5) is 14.3. The molecule has 3 heteroatoms. The van der Waals surface area contributed by atoms with Crippen LogP contribution < -0.4 is 0 Å². The Morgan fingerprint density at radius 2 is 2.19 bits per heavy atom. The smallest absolute Gasteiger partial charge is 0.315 e. The number of carboxylic acid groups (broad SMARTS) is 1. The number of benzene rings is 1. The summed E-state index contributed by atoms with van der Waals surface area (Å²) in [6, 6.07) is 7.61. The number of carboxylic acids is 1. The fourth-order valence-electron chi connectivity index (χ4n) is 1.38. The lowest BCUT2D eigenvalue weighted by atomic mass is 10.1. The van der Waals surface area contributed by atoms with Gasteiger partial charge in [-0.1, -0.05) is 17.9 Å². The Hall–Kier alpha value is -2.34. The SMILES string of the molecule is O=C(O)CC#Cc1ccc2cnccc2c1. The van der Waals surface area contributed by atoms with Gasteiger partial charge in [-0.25, -0.2) is 0 Å². The third-order valence-corrected chi connectivity index (χ3v) is 2.11. The third kappa shape index (κ3) is 2.37. The summed E-state index contributed by atoms with van der Waals surface area (Å²) in [6.45, 7) is 0. The van der Waals surface area contributed by atoms with Crippen LogP contribution in [0.2, 0.25) is 0 Å². The Kier molecular flexibility index (Phi) is 2.84. The van der Waals surface area contributed by atoms with E-state index < -0.39 is 5.97 Å². The summed E-state index contributed by atoms with van der Waals surface area (Å²) in [7, 11) is 0. The molecule has 0 saturated carbocycles. The van der Waals surface area contributed by atoms with Crippen LogP contribution in [0.15, 0.2) is 36.7 Å². The molecule has 0 aliphatic heterocycles. The molecule has 1 aromatic carbocycles. The molecule has 0 fully saturated rings. The van der Waals surface area contributed by atoms with Gasteiger partial charge in [0.05, 0.1) is 0 Å². The van der Waals surface area contributed by atoms with E-state index in [2.05, 4.69) is 16.8 Å². The van der Waals surface area contributed by atoms with Crippen LogP contribution >= 0.6 is 0 Å². The molecule has 3 nitrogen and oxygen atoms in total. The van der Waals surface area contributed by atoms with Gasteiger partial charge in [0.2, 0.25) is 0 Å². The van der Waals surface area contributed by atoms with E-state index in [-0.39, 0.29) is 6.42 Å². The monoisotopic (exact) mass is 211 g/mol. The van der Waals surface area contributed by atoms with Gasteiger partial charge in [-0.2, -0.15) is 0 Å². The number of aromatic nitrogens is 1. The molecule has 0 unspecified atom stereocenters. The van der Waals surface area contributed by atoms with E-state index in [0.29, 0.717) is 0 Å². The lowest BCUT2D eigenvalue weighted by Gasteiger charge is -1.96. The van der Waals surface area contributed by atoms with Crippen LogP contribution in [0.4, 0.5) is 0 Å². The van der Waals surface area contributed by atoms with E-state index in [1.807, 2.05) is 24.3 Å². The van der Waals surface area contributed by atoms with E-state index in [4.69, 9.17) is 5.11 Å². The Bertz CT molecular complexity index is 593. The zero-order chi connectivity index (χ0) is 11.4. The highest BCUT2D eigenvalue weighted by molar-refractivity contribution is 5.82. The molecule has 2 aromatic rings. The highest BCUT2D eigenvalue weighted by Crippen LogP contribution is 2.13. The van der Waals surface area contributed by atoms with Crippen LogP contribution in [0.1, 0.15) is 12.0 Å². The van der Waals surface area contributed by atoms with Gasteiger partial charge in [0, 0.05) is 23.3 Å². The van der Waals surface area contributed by atoms with Gasteiger partial charge in [0.25, 0.3) is 0 Å². The summed E-state index contributed by atoms with van der Waals surface area (Å²) in [5.41, 5.74) is 0.819. The number of carbonyl (C=O) groups is 1. The molecule has 1 aromatic heterocycles. The summed E-state index contributed by atoms with van der Waals surface area (Å²) in [5, 5.41) is 10.6. The summed E-state index contributed by atoms with van der Waals surface area (Å²) in [6.07, 6.45) is 3.37. The van der Waals surface area contributed by atoms with E-state index >= 15 is 0 Å². The fourth-order valence-corrected chi connectivity index (χ4v) is 1.38. The summed E-state index contributed by atoms with van der Waals surface area (Å²) >= 11 is 0. The Balaban J connectivity index is 2.31. The van der Waals surface area contributed by atoms with Crippen LogP contribution in [0.25, 0.3) is 10.8 Å². The maximum Gasteiger partial charge on any atom is 0.315 e. The van der Waals surface area contributed by atoms with Crippen molar-refractivity contribution < 1.29 is 9.90 Å². The van der Waals surface area contributed by atoms with Gasteiger partial charge in [0.15, 0.2) is 0 Å². The number of pyridine rings is 1. The van der Waals surface area contributed by atoms with Gasteiger partial charge >= 0.3 is 5.97 Å². The molecule has 0 aliphatic carbocycles. The number of nitrogens with zero attached hydrogens (tertiary/aromatic N) is 1. The first-order valence-corrected chi connectivity index (χ1v) is 4.80. The van der Waals surface area contributed by atoms with Gasteiger partial charge in [-0.3, -0.25) is 9.78 Å². The maximum atomic E-state index is 10.3. The lowest BCUT2D eigenvalue weighted by Crippen LogP contribution is -1.90. The minimum Gasteiger partial charge on any atom is -0.481 e. The van der Waals surface area contributed by atoms with Crippen LogP contribution in [-0.2, 0) is 4.79 Å². The highest BCUT2D eigenvalue weighted by atomic mass is 16.4. The number of aliphatic carboxylic acids is 1. The molecule has 0 radical (unpaired) electrons. The molecule has 0 atom stereocenters. The average molecular weight is 211 g/mol. The lowest BCUT2D eigenvalue weighted by molar-refractivity contribution is -0.135. The quantitative estimate of drug-likeness (QED) is 0.734. The summed E-state index contributed by atoms with van der Waals surface area (Å²) < 4.78 is 0. The van der Waals surface area contributed by atoms with Gasteiger partial charge < -0.3 is 5.11 Å². The van der Waals surface area contributed by atoms with Crippen LogP contribution in [0, 0.1) is 11.8 Å². The van der Waals surface area contributed by atoms with Gasteiger partial charge in [0.1, 0.15) is 6.42 Å². The Morgan fingerprint density at radius 3 is 3.00 bits per heavy atom. The molecule has 0 saturated heterocycles. The maximum absolute atomic E-state index is 10.3. The molecule has 1 N–H and O–H groups in total. The van der Waals surface area contributed by atoms with Gasteiger partial charge in [-0.15, -0.1) is 0 Å². The molecule has 0 aliphatic rings. The van der Waals surface area contributed by atoms with Crippen LogP contribution in [0.5, 0.6) is 0 Å². The van der Waals surface area contributed by atoms with Crippen LogP contribution in [-0.4, -0.2) is 16.1 Å². The number of fused-ring (bicyclic) bond motifs is 1. The fraction of sp³-hybridized carbons (Fsp3) is 0.0769. The normalized spacial score (nSPS) is 9.50. The van der Waals surface area contributed by atoms with Crippen molar-refractivity contribution in [3.8, 4) is 11.8 Å². The second-order valence-electron chi connectivity index (χ2n) is 3.31. The molecule has 0 bridgehead atoms. The van der Waals surface area contributed by atoms with Crippen molar-refractivity contribution >= 4 is 16.7 Å². The standard InChI is InChI=1S/C13H9NO2/c15-13(16)3-1-2-10-4-5-12-9-14-7-6-11(12)8-10/h4-9H,3H2,(H,15,16). The topological polar surface area (TPSA) is 50.2 Å². The first-order valence-electron chi connectivity index (χ1n) is 4.80. The highest BCUT2D eigenvalue weighted by Gasteiger charge is 1.94. The van der Waals surface area contributed by atoms with E-state index in [0.717, 1.165) is 16.3 Å². The van der Waals surface area contributed by atoms with Crippen LogP contribution in [0.3, 0.4) is 0 Å². The van der Waals surface area contributed by atoms with Crippen molar-refractivity contribution in [3.63, 3.8) is 0 Å². The van der Waals surface area contributed by atoms with Crippen molar-refractivity contribution in [1.82, 2.24) is 4.98 Å². The Morgan fingerprint density at radius 1 is 1.31 bits per heavy atom. The molecule has 2 rings (SSSR count). The molecule has 16 heavy (non-hydrogen) atoms. The molecule has 1 heterocycles. The molecular weight excluding hydrogens is 202 g/mol. The number of hydrogen-bond acceptors (Lipinski definition) is 2. The third-order valence-electron chi connectivity index (χ3n) is 2.11. The van der Waals surface area contributed by atoms with Gasteiger partial charge in [-0.05, 0) is 23.6 Å². The molecule has 0 amide bonds. The molecule has 0 spiro atoms. The minimum absolute atomic E-state index is 0.131. The predicted octanol–water partition coefficient (Wildman–Crippen LogP) is 2.06. The first-order chi connectivity index (χ1) is 7.75. The van der Waals surface area contributed by atoms with Crippen molar-refractivity contribution in [2.45, 2.75) is 6.42 Å². The van der Waals surface area contributed by atoms with Crippen molar-refractivity contribution in [2.24, 2.45) is 0 Å². The van der Waals surface area contributed by atoms with Crippen molar-refractivity contribution in [1.29, 1.82) is 0 Å². The Labute approximate surface area is 92.7 Å². The van der Waals surface area contributed by atoms with E-state index in [9.17, 15) is 4.79 Å². The van der Waals surface area contributed by atoms with Crippen molar-refractivity contribution in [3.05, 3.63) is 42.2 Å². The number of rotatable bonds is 1. The molecule has 78 valence electrons. The van der Waals surface area contributed by atoms with E-state index in [1.165, 1.54) is 0 Å². The average Bonchev–Trinajstić information content (AvgIpc) is 2.28. The molecular formula is C13H9NO2. The predicted molar refractivity (Wildman–Crippen MR) is 60.9 cm³/mol. The first kappa shape index (κ1) is 10.2. The largest absolute Gasteiger partial charge is 0.481 e. The number of hydrogen-bond donors (Lipinski definition) is 1. The minimum atomic E-state index is -0.905.